The third-order valence-corrected chi connectivity index (χ3v) is 2.30. The molecule has 0 aliphatic heterocycles. The van der Waals surface area contributed by atoms with Crippen LogP contribution in [0.1, 0.15) is 10.4 Å². The number of hydrogen-bond acceptors (Lipinski definition) is 3. The Balaban J connectivity index is 2.68. The van der Waals surface area contributed by atoms with Crippen LogP contribution >= 0.6 is 11.5 Å². The third-order valence-electron chi connectivity index (χ3n) is 1.64. The molecule has 60 valence electrons. The first-order chi connectivity index (χ1) is 5.77. The van der Waals surface area contributed by atoms with E-state index in [9.17, 15) is 4.79 Å². The van der Waals surface area contributed by atoms with Crippen molar-refractivity contribution in [3.63, 3.8) is 0 Å². The number of amides is 1. The van der Waals surface area contributed by atoms with E-state index in [-0.39, 0.29) is 0 Å². The van der Waals surface area contributed by atoms with E-state index in [0.29, 0.717) is 5.56 Å². The Kier molecular flexibility index (Phi) is 1.55. The van der Waals surface area contributed by atoms with Crippen LogP contribution in [0.4, 0.5) is 0 Å². The number of nitrogens with two attached hydrogens (primary N) is 1. The maximum atomic E-state index is 10.8. The molecular formula is C8H6N2OS. The van der Waals surface area contributed by atoms with Gasteiger partial charge in [-0.1, -0.05) is 0 Å². The van der Waals surface area contributed by atoms with Crippen molar-refractivity contribution in [2.75, 3.05) is 0 Å². The highest BCUT2D eigenvalue weighted by atomic mass is 32.1. The molecule has 0 bridgehead atoms. The van der Waals surface area contributed by atoms with Crippen molar-refractivity contribution >= 4 is 28.3 Å². The second-order valence-corrected chi connectivity index (χ2v) is 3.08. The van der Waals surface area contributed by atoms with Gasteiger partial charge < -0.3 is 5.73 Å². The molecule has 3 nitrogen and oxygen atoms in total. The highest BCUT2D eigenvalue weighted by Crippen LogP contribution is 2.16. The summed E-state index contributed by atoms with van der Waals surface area (Å²) < 4.78 is 4.11. The highest BCUT2D eigenvalue weighted by molar-refractivity contribution is 7.04. The minimum atomic E-state index is -0.400. The van der Waals surface area contributed by atoms with Crippen molar-refractivity contribution < 1.29 is 4.79 Å². The lowest BCUT2D eigenvalue weighted by molar-refractivity contribution is 0.100. The average Bonchev–Trinajstić information content (AvgIpc) is 2.49. The molecule has 12 heavy (non-hydrogen) atoms. The van der Waals surface area contributed by atoms with Crippen LogP contribution in [0, 0.1) is 0 Å². The minimum Gasteiger partial charge on any atom is -0.366 e. The van der Waals surface area contributed by atoms with E-state index in [1.165, 1.54) is 11.5 Å². The van der Waals surface area contributed by atoms with Gasteiger partial charge in [0, 0.05) is 16.3 Å². The second-order valence-electron chi connectivity index (χ2n) is 2.45. The van der Waals surface area contributed by atoms with Crippen molar-refractivity contribution in [1.29, 1.82) is 0 Å². The molecule has 0 aliphatic rings. The van der Waals surface area contributed by atoms with E-state index in [1.807, 2.05) is 5.38 Å². The van der Waals surface area contributed by atoms with Crippen molar-refractivity contribution in [3.05, 3.63) is 29.1 Å². The van der Waals surface area contributed by atoms with Crippen molar-refractivity contribution in [1.82, 2.24) is 4.37 Å². The lowest BCUT2D eigenvalue weighted by Crippen LogP contribution is -2.10. The molecule has 4 heteroatoms. The molecule has 1 aromatic carbocycles. The molecule has 0 saturated heterocycles. The summed E-state index contributed by atoms with van der Waals surface area (Å²) in [6.45, 7) is 0. The predicted octanol–water partition coefficient (Wildman–Crippen LogP) is 1.40. The van der Waals surface area contributed by atoms with Gasteiger partial charge in [0.15, 0.2) is 0 Å². The second kappa shape index (κ2) is 2.57. The van der Waals surface area contributed by atoms with E-state index in [0.717, 1.165) is 10.9 Å². The largest absolute Gasteiger partial charge is 0.366 e. The summed E-state index contributed by atoms with van der Waals surface area (Å²) >= 11 is 1.37. The zero-order chi connectivity index (χ0) is 8.55. The minimum absolute atomic E-state index is 0.400. The quantitative estimate of drug-likeness (QED) is 0.717. The summed E-state index contributed by atoms with van der Waals surface area (Å²) in [6, 6.07) is 5.23. The number of nitrogens with zero attached hydrogens (tertiary/aromatic N) is 1. The number of fused-ring (bicyclic) bond motifs is 1. The van der Waals surface area contributed by atoms with Gasteiger partial charge in [0.05, 0.1) is 5.52 Å². The molecule has 0 aliphatic carbocycles. The normalized spacial score (nSPS) is 10.3. The summed E-state index contributed by atoms with van der Waals surface area (Å²) in [5.74, 6) is -0.400. The lowest BCUT2D eigenvalue weighted by Gasteiger charge is -1.93. The SMILES string of the molecule is NC(=O)c1ccc2nscc2c1. The number of carbonyl (C=O) groups is 1. The maximum absolute atomic E-state index is 10.8. The average molecular weight is 178 g/mol. The number of aromatic nitrogens is 1. The number of carbonyl (C=O) groups excluding carboxylic acids is 1. The van der Waals surface area contributed by atoms with Gasteiger partial charge in [-0.05, 0) is 29.7 Å². The van der Waals surface area contributed by atoms with Crippen LogP contribution in [0.15, 0.2) is 23.6 Å². The van der Waals surface area contributed by atoms with Gasteiger partial charge in [-0.15, -0.1) is 0 Å². The van der Waals surface area contributed by atoms with Crippen molar-refractivity contribution in [2.45, 2.75) is 0 Å². The zero-order valence-corrected chi connectivity index (χ0v) is 6.97. The van der Waals surface area contributed by atoms with Crippen LogP contribution in [-0.4, -0.2) is 10.3 Å². The van der Waals surface area contributed by atoms with Crippen LogP contribution in [0.5, 0.6) is 0 Å². The zero-order valence-electron chi connectivity index (χ0n) is 6.15. The summed E-state index contributed by atoms with van der Waals surface area (Å²) in [5.41, 5.74) is 6.56. The molecule has 2 rings (SSSR count). The molecule has 1 heterocycles. The summed E-state index contributed by atoms with van der Waals surface area (Å²) in [7, 11) is 0. The first kappa shape index (κ1) is 7.24. The van der Waals surface area contributed by atoms with Crippen molar-refractivity contribution in [2.24, 2.45) is 5.73 Å². The summed E-state index contributed by atoms with van der Waals surface area (Å²) in [4.78, 5) is 10.8. The van der Waals surface area contributed by atoms with E-state index in [1.54, 1.807) is 18.2 Å². The lowest BCUT2D eigenvalue weighted by atomic mass is 10.1. The molecule has 0 spiro atoms. The molecule has 1 aromatic heterocycles. The Labute approximate surface area is 73.0 Å². The van der Waals surface area contributed by atoms with Crippen LogP contribution in [-0.2, 0) is 0 Å². The fourth-order valence-corrected chi connectivity index (χ4v) is 1.66. The van der Waals surface area contributed by atoms with Gasteiger partial charge in [-0.2, -0.15) is 4.37 Å². The molecule has 1 amide bonds. The highest BCUT2D eigenvalue weighted by Gasteiger charge is 2.01. The Morgan fingerprint density at radius 1 is 1.50 bits per heavy atom. The topological polar surface area (TPSA) is 56.0 Å². The molecule has 2 N–H and O–H groups in total. The van der Waals surface area contributed by atoms with Crippen LogP contribution in [0.25, 0.3) is 10.9 Å². The Hall–Kier alpha value is -1.42. The van der Waals surface area contributed by atoms with Gasteiger partial charge in [-0.25, -0.2) is 0 Å². The first-order valence-electron chi connectivity index (χ1n) is 3.41. The standard InChI is InChI=1S/C8H6N2OS/c9-8(11)5-1-2-7-6(3-5)4-12-10-7/h1-4H,(H2,9,11). The summed E-state index contributed by atoms with van der Waals surface area (Å²) in [5, 5.41) is 2.86. The van der Waals surface area contributed by atoms with Crippen LogP contribution in [0.2, 0.25) is 0 Å². The van der Waals surface area contributed by atoms with Gasteiger partial charge >= 0.3 is 0 Å². The van der Waals surface area contributed by atoms with E-state index in [4.69, 9.17) is 5.73 Å². The number of benzene rings is 1. The fourth-order valence-electron chi connectivity index (χ4n) is 1.03. The number of hydrogen-bond donors (Lipinski definition) is 1. The van der Waals surface area contributed by atoms with Gasteiger partial charge in [0.2, 0.25) is 5.91 Å². The fraction of sp³-hybridized carbons (Fsp3) is 0. The molecule has 0 atom stereocenters. The van der Waals surface area contributed by atoms with Gasteiger partial charge in [0.1, 0.15) is 0 Å². The molecule has 0 fully saturated rings. The van der Waals surface area contributed by atoms with Crippen LogP contribution in [0.3, 0.4) is 0 Å². The van der Waals surface area contributed by atoms with Crippen LogP contribution < -0.4 is 5.73 Å². The number of primary amides is 1. The Morgan fingerprint density at radius 2 is 2.33 bits per heavy atom. The Morgan fingerprint density at radius 3 is 3.08 bits per heavy atom. The molecular weight excluding hydrogens is 172 g/mol. The Bertz CT molecular complexity index is 435. The predicted molar refractivity (Wildman–Crippen MR) is 48.1 cm³/mol. The van der Waals surface area contributed by atoms with E-state index in [2.05, 4.69) is 4.37 Å². The first-order valence-corrected chi connectivity index (χ1v) is 4.25. The molecule has 0 saturated carbocycles. The number of rotatable bonds is 1. The van der Waals surface area contributed by atoms with Crippen molar-refractivity contribution in [3.8, 4) is 0 Å². The van der Waals surface area contributed by atoms with Gasteiger partial charge in [0.25, 0.3) is 0 Å². The van der Waals surface area contributed by atoms with Gasteiger partial charge in [-0.3, -0.25) is 4.79 Å². The smallest absolute Gasteiger partial charge is 0.248 e. The van der Waals surface area contributed by atoms with E-state index >= 15 is 0 Å². The van der Waals surface area contributed by atoms with E-state index < -0.39 is 5.91 Å². The third kappa shape index (κ3) is 1.06. The molecule has 0 radical (unpaired) electrons. The molecule has 0 unspecified atom stereocenters. The molecule has 2 aromatic rings. The summed E-state index contributed by atoms with van der Waals surface area (Å²) in [6.07, 6.45) is 0. The maximum Gasteiger partial charge on any atom is 0.248 e. The monoisotopic (exact) mass is 178 g/mol.